The second-order valence-electron chi connectivity index (χ2n) is 5.43. The van der Waals surface area contributed by atoms with Gasteiger partial charge in [-0.25, -0.2) is 0 Å². The number of ether oxygens (including phenoxy) is 1. The number of rotatable bonds is 4. The second kappa shape index (κ2) is 7.73. The highest BCUT2D eigenvalue weighted by Crippen LogP contribution is 2.35. The van der Waals surface area contributed by atoms with Crippen molar-refractivity contribution >= 4 is 29.3 Å². The zero-order valence-corrected chi connectivity index (χ0v) is 14.8. The number of amides is 1. The normalized spacial score (nSPS) is 10.9. The quantitative estimate of drug-likeness (QED) is 0.634. The molecular weight excluding hydrogens is 340 g/mol. The standard InChI is InChI=1S/C19H17ClN2O3/c1-11-5-4-6-16(12(11)2)22-19(24)14(10-21)7-13-8-15(20)18(23)17(9-13)25-3/h4-9,23H,1-3H3,(H,22,24)/b14-7+. The molecule has 0 atom stereocenters. The first-order valence-corrected chi connectivity index (χ1v) is 7.81. The monoisotopic (exact) mass is 356 g/mol. The highest BCUT2D eigenvalue weighted by atomic mass is 35.5. The van der Waals surface area contributed by atoms with Gasteiger partial charge in [0, 0.05) is 5.69 Å². The minimum absolute atomic E-state index is 0.0674. The molecule has 0 aromatic heterocycles. The fraction of sp³-hybridized carbons (Fsp3) is 0.158. The van der Waals surface area contributed by atoms with Gasteiger partial charge in [-0.1, -0.05) is 23.7 Å². The smallest absolute Gasteiger partial charge is 0.266 e. The average molecular weight is 357 g/mol. The number of phenolic OH excluding ortho intramolecular Hbond substituents is 1. The number of carbonyl (C=O) groups excluding carboxylic acids is 1. The Morgan fingerprint density at radius 1 is 1.36 bits per heavy atom. The van der Waals surface area contributed by atoms with E-state index in [1.807, 2.05) is 32.0 Å². The van der Waals surface area contributed by atoms with Crippen molar-refractivity contribution in [1.29, 1.82) is 5.26 Å². The highest BCUT2D eigenvalue weighted by molar-refractivity contribution is 6.32. The molecule has 0 radical (unpaired) electrons. The number of aromatic hydroxyl groups is 1. The maximum atomic E-state index is 12.4. The number of nitriles is 1. The summed E-state index contributed by atoms with van der Waals surface area (Å²) in [4.78, 5) is 12.4. The van der Waals surface area contributed by atoms with Crippen LogP contribution in [0.5, 0.6) is 11.5 Å². The van der Waals surface area contributed by atoms with Gasteiger partial charge in [-0.15, -0.1) is 0 Å². The number of methoxy groups -OCH3 is 1. The van der Waals surface area contributed by atoms with E-state index in [1.165, 1.54) is 25.3 Å². The van der Waals surface area contributed by atoms with Crippen LogP contribution in [0.3, 0.4) is 0 Å². The molecule has 128 valence electrons. The van der Waals surface area contributed by atoms with Crippen molar-refractivity contribution < 1.29 is 14.6 Å². The van der Waals surface area contributed by atoms with Crippen LogP contribution < -0.4 is 10.1 Å². The topological polar surface area (TPSA) is 82.3 Å². The molecule has 0 spiro atoms. The largest absolute Gasteiger partial charge is 0.503 e. The predicted octanol–water partition coefficient (Wildman–Crippen LogP) is 4.22. The van der Waals surface area contributed by atoms with E-state index in [0.717, 1.165) is 11.1 Å². The fourth-order valence-corrected chi connectivity index (χ4v) is 2.44. The third kappa shape index (κ3) is 4.11. The lowest BCUT2D eigenvalue weighted by Crippen LogP contribution is -2.14. The molecule has 0 saturated heterocycles. The van der Waals surface area contributed by atoms with Crippen LogP contribution in [-0.4, -0.2) is 18.1 Å². The number of aryl methyl sites for hydroxylation is 1. The average Bonchev–Trinajstić information content (AvgIpc) is 2.59. The van der Waals surface area contributed by atoms with Gasteiger partial charge in [0.1, 0.15) is 11.6 Å². The molecule has 25 heavy (non-hydrogen) atoms. The first kappa shape index (κ1) is 18.4. The minimum Gasteiger partial charge on any atom is -0.503 e. The molecule has 1 amide bonds. The Bertz CT molecular complexity index is 898. The van der Waals surface area contributed by atoms with Gasteiger partial charge in [0.25, 0.3) is 5.91 Å². The lowest BCUT2D eigenvalue weighted by atomic mass is 10.1. The molecular formula is C19H17ClN2O3. The third-order valence-electron chi connectivity index (χ3n) is 3.80. The molecule has 0 bridgehead atoms. The molecule has 5 nitrogen and oxygen atoms in total. The number of phenols is 1. The van der Waals surface area contributed by atoms with E-state index in [2.05, 4.69) is 5.32 Å². The van der Waals surface area contributed by atoms with E-state index in [4.69, 9.17) is 16.3 Å². The SMILES string of the molecule is COc1cc(/C=C(\C#N)C(=O)Nc2cccc(C)c2C)cc(Cl)c1O. The van der Waals surface area contributed by atoms with Gasteiger partial charge in [-0.3, -0.25) is 4.79 Å². The molecule has 2 rings (SSSR count). The van der Waals surface area contributed by atoms with Crippen LogP contribution in [0.15, 0.2) is 35.9 Å². The number of hydrogen-bond donors (Lipinski definition) is 2. The van der Waals surface area contributed by atoms with E-state index in [0.29, 0.717) is 11.3 Å². The van der Waals surface area contributed by atoms with Gasteiger partial charge in [0.2, 0.25) is 0 Å². The van der Waals surface area contributed by atoms with E-state index < -0.39 is 5.91 Å². The van der Waals surface area contributed by atoms with Crippen molar-refractivity contribution in [3.63, 3.8) is 0 Å². The van der Waals surface area contributed by atoms with Gasteiger partial charge in [0.05, 0.1) is 12.1 Å². The molecule has 0 unspecified atom stereocenters. The van der Waals surface area contributed by atoms with Crippen LogP contribution in [0.25, 0.3) is 6.08 Å². The Kier molecular flexibility index (Phi) is 5.68. The van der Waals surface area contributed by atoms with E-state index in [-0.39, 0.29) is 22.1 Å². The summed E-state index contributed by atoms with van der Waals surface area (Å²) in [6.07, 6.45) is 1.38. The van der Waals surface area contributed by atoms with Crippen LogP contribution in [0.4, 0.5) is 5.69 Å². The lowest BCUT2D eigenvalue weighted by Gasteiger charge is -2.10. The lowest BCUT2D eigenvalue weighted by molar-refractivity contribution is -0.112. The van der Waals surface area contributed by atoms with Crippen LogP contribution >= 0.6 is 11.6 Å². The van der Waals surface area contributed by atoms with Gasteiger partial charge in [-0.2, -0.15) is 5.26 Å². The van der Waals surface area contributed by atoms with Gasteiger partial charge < -0.3 is 15.2 Å². The summed E-state index contributed by atoms with van der Waals surface area (Å²) in [5.41, 5.74) is 2.99. The van der Waals surface area contributed by atoms with Crippen molar-refractivity contribution in [2.75, 3.05) is 12.4 Å². The maximum Gasteiger partial charge on any atom is 0.266 e. The van der Waals surface area contributed by atoms with E-state index >= 15 is 0 Å². The Labute approximate surface area is 151 Å². The Hall–Kier alpha value is -2.97. The summed E-state index contributed by atoms with van der Waals surface area (Å²) in [7, 11) is 1.39. The van der Waals surface area contributed by atoms with Crippen molar-refractivity contribution in [1.82, 2.24) is 0 Å². The minimum atomic E-state index is -0.528. The zero-order valence-electron chi connectivity index (χ0n) is 14.1. The van der Waals surface area contributed by atoms with Crippen molar-refractivity contribution in [3.8, 4) is 17.6 Å². The van der Waals surface area contributed by atoms with Gasteiger partial charge in [-0.05, 0) is 54.8 Å². The molecule has 2 N–H and O–H groups in total. The molecule has 0 aliphatic rings. The number of anilines is 1. The summed E-state index contributed by atoms with van der Waals surface area (Å²) in [5.74, 6) is -0.565. The molecule has 6 heteroatoms. The number of halogens is 1. The predicted molar refractivity (Wildman–Crippen MR) is 97.8 cm³/mol. The molecule has 0 heterocycles. The first-order valence-electron chi connectivity index (χ1n) is 7.43. The first-order chi connectivity index (χ1) is 11.9. The molecule has 0 saturated carbocycles. The second-order valence-corrected chi connectivity index (χ2v) is 5.83. The summed E-state index contributed by atoms with van der Waals surface area (Å²) in [6, 6.07) is 10.4. The number of carbonyl (C=O) groups is 1. The molecule has 0 fully saturated rings. The van der Waals surface area contributed by atoms with E-state index in [9.17, 15) is 15.2 Å². The molecule has 2 aromatic rings. The summed E-state index contributed by atoms with van der Waals surface area (Å²) >= 11 is 5.93. The highest BCUT2D eigenvalue weighted by Gasteiger charge is 2.13. The maximum absolute atomic E-state index is 12.4. The Morgan fingerprint density at radius 2 is 2.08 bits per heavy atom. The van der Waals surface area contributed by atoms with Crippen LogP contribution in [-0.2, 0) is 4.79 Å². The van der Waals surface area contributed by atoms with E-state index in [1.54, 1.807) is 6.07 Å². The Balaban J connectivity index is 2.34. The van der Waals surface area contributed by atoms with Crippen LogP contribution in [0.1, 0.15) is 16.7 Å². The molecule has 2 aromatic carbocycles. The summed E-state index contributed by atoms with van der Waals surface area (Å²) in [6.45, 7) is 3.84. The summed E-state index contributed by atoms with van der Waals surface area (Å²) < 4.78 is 5.02. The third-order valence-corrected chi connectivity index (χ3v) is 4.09. The fourth-order valence-electron chi connectivity index (χ4n) is 2.22. The number of hydrogen-bond acceptors (Lipinski definition) is 4. The van der Waals surface area contributed by atoms with Crippen molar-refractivity contribution in [2.45, 2.75) is 13.8 Å². The molecule has 0 aliphatic heterocycles. The van der Waals surface area contributed by atoms with Crippen LogP contribution in [0, 0.1) is 25.2 Å². The number of nitrogens with one attached hydrogen (secondary N) is 1. The Morgan fingerprint density at radius 3 is 2.72 bits per heavy atom. The zero-order chi connectivity index (χ0) is 18.6. The van der Waals surface area contributed by atoms with Gasteiger partial charge in [0.15, 0.2) is 11.5 Å². The number of nitrogens with zero attached hydrogens (tertiary/aromatic N) is 1. The molecule has 0 aliphatic carbocycles. The van der Waals surface area contributed by atoms with Crippen molar-refractivity contribution in [3.05, 3.63) is 57.6 Å². The van der Waals surface area contributed by atoms with Gasteiger partial charge >= 0.3 is 0 Å². The number of benzene rings is 2. The van der Waals surface area contributed by atoms with Crippen LogP contribution in [0.2, 0.25) is 5.02 Å². The summed E-state index contributed by atoms with van der Waals surface area (Å²) in [5, 5.41) is 21.9. The van der Waals surface area contributed by atoms with Crippen molar-refractivity contribution in [2.24, 2.45) is 0 Å².